The smallest absolute Gasteiger partial charge is 0.287 e. The van der Waals surface area contributed by atoms with Crippen LogP contribution in [0.25, 0.3) is 11.3 Å². The highest BCUT2D eigenvalue weighted by Gasteiger charge is 2.28. The lowest BCUT2D eigenvalue weighted by atomic mass is 10.0. The number of amides is 2. The van der Waals surface area contributed by atoms with E-state index in [9.17, 15) is 14.4 Å². The van der Waals surface area contributed by atoms with Gasteiger partial charge >= 0.3 is 0 Å². The maximum atomic E-state index is 12.7. The SMILES string of the molecule is NC(=O)C(=O)C(Cc1ccccc1)NC(=O)c1snnc1-c1cccnc1. The molecule has 8 nitrogen and oxygen atoms in total. The molecular formula is C18H15N5O3S. The van der Waals surface area contributed by atoms with Crippen molar-refractivity contribution in [3.05, 3.63) is 65.3 Å². The van der Waals surface area contributed by atoms with Crippen molar-refractivity contribution in [2.75, 3.05) is 0 Å². The van der Waals surface area contributed by atoms with Gasteiger partial charge in [0.15, 0.2) is 0 Å². The first kappa shape index (κ1) is 18.3. The van der Waals surface area contributed by atoms with E-state index in [2.05, 4.69) is 19.9 Å². The molecule has 1 aromatic carbocycles. The van der Waals surface area contributed by atoms with Crippen molar-refractivity contribution in [2.45, 2.75) is 12.5 Å². The normalized spacial score (nSPS) is 11.6. The van der Waals surface area contributed by atoms with Gasteiger partial charge in [-0.3, -0.25) is 19.4 Å². The van der Waals surface area contributed by atoms with E-state index in [0.717, 1.165) is 17.1 Å². The molecule has 1 atom stereocenters. The number of rotatable bonds is 7. The fourth-order valence-corrected chi connectivity index (χ4v) is 3.08. The number of primary amides is 1. The summed E-state index contributed by atoms with van der Waals surface area (Å²) in [6.45, 7) is 0. The number of carbonyl (C=O) groups is 3. The highest BCUT2D eigenvalue weighted by Crippen LogP contribution is 2.23. The predicted octanol–water partition coefficient (Wildman–Crippen LogP) is 0.996. The number of nitrogens with one attached hydrogen (secondary N) is 1. The second-order valence-electron chi connectivity index (χ2n) is 5.64. The number of Topliss-reactive ketones (excluding diaryl/α,β-unsaturated/α-hetero) is 1. The van der Waals surface area contributed by atoms with Crippen LogP contribution in [0.5, 0.6) is 0 Å². The molecule has 3 aromatic rings. The molecule has 1 unspecified atom stereocenters. The third kappa shape index (κ3) is 4.39. The van der Waals surface area contributed by atoms with Gasteiger partial charge < -0.3 is 11.1 Å². The van der Waals surface area contributed by atoms with Gasteiger partial charge in [-0.25, -0.2) is 0 Å². The first-order valence-electron chi connectivity index (χ1n) is 7.97. The van der Waals surface area contributed by atoms with Crippen LogP contribution in [0.1, 0.15) is 15.2 Å². The second-order valence-corrected chi connectivity index (χ2v) is 6.39. The molecule has 0 bridgehead atoms. The average Bonchev–Trinajstić information content (AvgIpc) is 3.18. The highest BCUT2D eigenvalue weighted by atomic mass is 32.1. The number of hydrogen-bond donors (Lipinski definition) is 2. The third-order valence-corrected chi connectivity index (χ3v) is 4.50. The minimum atomic E-state index is -1.11. The molecule has 2 heterocycles. The van der Waals surface area contributed by atoms with Crippen molar-refractivity contribution < 1.29 is 14.4 Å². The fourth-order valence-electron chi connectivity index (χ4n) is 2.49. The standard InChI is InChI=1S/C18H15N5O3S/c19-17(25)15(24)13(9-11-5-2-1-3-6-11)21-18(26)16-14(22-23-27-16)12-7-4-8-20-10-12/h1-8,10,13H,9H2,(H2,19,25)(H,21,26). The lowest BCUT2D eigenvalue weighted by Gasteiger charge is -2.16. The van der Waals surface area contributed by atoms with Crippen molar-refractivity contribution in [1.29, 1.82) is 0 Å². The summed E-state index contributed by atoms with van der Waals surface area (Å²) in [7, 11) is 0. The molecule has 0 aliphatic rings. The summed E-state index contributed by atoms with van der Waals surface area (Å²) < 4.78 is 3.82. The maximum absolute atomic E-state index is 12.7. The Morgan fingerprint density at radius 1 is 1.11 bits per heavy atom. The Hall–Kier alpha value is -3.46. The van der Waals surface area contributed by atoms with Crippen molar-refractivity contribution >= 4 is 29.1 Å². The van der Waals surface area contributed by atoms with Gasteiger partial charge in [-0.1, -0.05) is 34.8 Å². The van der Waals surface area contributed by atoms with Gasteiger partial charge in [-0.15, -0.1) is 5.10 Å². The fraction of sp³-hybridized carbons (Fsp3) is 0.111. The van der Waals surface area contributed by atoms with Gasteiger partial charge in [0.25, 0.3) is 11.8 Å². The van der Waals surface area contributed by atoms with Gasteiger partial charge in [-0.2, -0.15) is 0 Å². The first-order valence-corrected chi connectivity index (χ1v) is 8.74. The number of hydrogen-bond acceptors (Lipinski definition) is 7. The third-order valence-electron chi connectivity index (χ3n) is 3.78. The van der Waals surface area contributed by atoms with Crippen molar-refractivity contribution in [3.63, 3.8) is 0 Å². The molecule has 3 N–H and O–H groups in total. The second kappa shape index (κ2) is 8.28. The number of nitrogens with two attached hydrogens (primary N) is 1. The van der Waals surface area contributed by atoms with Crippen LogP contribution in [0.4, 0.5) is 0 Å². The highest BCUT2D eigenvalue weighted by molar-refractivity contribution is 7.08. The Morgan fingerprint density at radius 3 is 2.56 bits per heavy atom. The quantitative estimate of drug-likeness (QED) is 0.588. The maximum Gasteiger partial charge on any atom is 0.287 e. The minimum Gasteiger partial charge on any atom is -0.363 e. The van der Waals surface area contributed by atoms with Gasteiger partial charge in [0.05, 0.1) is 0 Å². The van der Waals surface area contributed by atoms with E-state index in [-0.39, 0.29) is 11.3 Å². The Labute approximate surface area is 158 Å². The van der Waals surface area contributed by atoms with Crippen LogP contribution in [0.3, 0.4) is 0 Å². The van der Waals surface area contributed by atoms with E-state index in [1.165, 1.54) is 0 Å². The summed E-state index contributed by atoms with van der Waals surface area (Å²) in [6.07, 6.45) is 3.30. The van der Waals surface area contributed by atoms with Crippen molar-refractivity contribution in [3.8, 4) is 11.3 Å². The Morgan fingerprint density at radius 2 is 1.89 bits per heavy atom. The molecule has 0 aliphatic heterocycles. The number of pyridine rings is 1. The molecule has 0 saturated heterocycles. The molecule has 136 valence electrons. The topological polar surface area (TPSA) is 128 Å². The Bertz CT molecular complexity index is 959. The Kier molecular flexibility index (Phi) is 5.62. The van der Waals surface area contributed by atoms with E-state index < -0.39 is 23.6 Å². The number of nitrogens with zero attached hydrogens (tertiary/aromatic N) is 3. The number of benzene rings is 1. The van der Waals surface area contributed by atoms with Crippen molar-refractivity contribution in [1.82, 2.24) is 19.9 Å². The number of ketones is 1. The lowest BCUT2D eigenvalue weighted by molar-refractivity contribution is -0.137. The van der Waals surface area contributed by atoms with Crippen LogP contribution < -0.4 is 11.1 Å². The summed E-state index contributed by atoms with van der Waals surface area (Å²) in [5.41, 5.74) is 6.90. The lowest BCUT2D eigenvalue weighted by Crippen LogP contribution is -2.47. The van der Waals surface area contributed by atoms with Gasteiger partial charge in [0.2, 0.25) is 5.78 Å². The number of carbonyl (C=O) groups excluding carboxylic acids is 3. The summed E-state index contributed by atoms with van der Waals surface area (Å²) in [5.74, 6) is -2.53. The molecule has 27 heavy (non-hydrogen) atoms. The van der Waals surface area contributed by atoms with Crippen LogP contribution in [0.15, 0.2) is 54.9 Å². The molecule has 0 aliphatic carbocycles. The van der Waals surface area contributed by atoms with Crippen LogP contribution in [0.2, 0.25) is 0 Å². The monoisotopic (exact) mass is 381 g/mol. The average molecular weight is 381 g/mol. The minimum absolute atomic E-state index is 0.142. The molecule has 0 saturated carbocycles. The van der Waals surface area contributed by atoms with Crippen molar-refractivity contribution in [2.24, 2.45) is 5.73 Å². The van der Waals surface area contributed by atoms with E-state index >= 15 is 0 Å². The molecule has 0 fully saturated rings. The first-order chi connectivity index (χ1) is 13.1. The van der Waals surface area contributed by atoms with E-state index in [4.69, 9.17) is 5.73 Å². The van der Waals surface area contributed by atoms with Crippen LogP contribution in [0, 0.1) is 0 Å². The van der Waals surface area contributed by atoms with Crippen LogP contribution in [-0.4, -0.2) is 38.2 Å². The Balaban J connectivity index is 1.84. The summed E-state index contributed by atoms with van der Waals surface area (Å²) in [4.78, 5) is 40.5. The molecule has 2 aromatic heterocycles. The number of aromatic nitrogens is 3. The molecule has 0 radical (unpaired) electrons. The van der Waals surface area contributed by atoms with E-state index in [0.29, 0.717) is 11.3 Å². The molecule has 3 rings (SSSR count). The summed E-state index contributed by atoms with van der Waals surface area (Å²) in [5, 5.41) is 6.55. The molecule has 2 amide bonds. The zero-order valence-electron chi connectivity index (χ0n) is 14.0. The predicted molar refractivity (Wildman–Crippen MR) is 98.7 cm³/mol. The largest absolute Gasteiger partial charge is 0.363 e. The molecule has 9 heteroatoms. The summed E-state index contributed by atoms with van der Waals surface area (Å²) in [6, 6.07) is 11.4. The zero-order chi connectivity index (χ0) is 19.2. The van der Waals surface area contributed by atoms with Crippen LogP contribution >= 0.6 is 11.5 Å². The molecular weight excluding hydrogens is 366 g/mol. The molecule has 0 spiro atoms. The van der Waals surface area contributed by atoms with Gasteiger partial charge in [0, 0.05) is 24.4 Å². The van der Waals surface area contributed by atoms with E-state index in [1.54, 1.807) is 48.8 Å². The zero-order valence-corrected chi connectivity index (χ0v) is 14.8. The summed E-state index contributed by atoms with van der Waals surface area (Å²) >= 11 is 0.892. The van der Waals surface area contributed by atoms with E-state index in [1.807, 2.05) is 6.07 Å². The van der Waals surface area contributed by atoms with Gasteiger partial charge in [-0.05, 0) is 29.2 Å². The van der Waals surface area contributed by atoms with Gasteiger partial charge in [0.1, 0.15) is 16.6 Å². The van der Waals surface area contributed by atoms with Crippen LogP contribution in [-0.2, 0) is 16.0 Å².